The topological polar surface area (TPSA) is 109 Å². The molecule has 0 radical (unpaired) electrons. The molecule has 8 nitrogen and oxygen atoms in total. The molecule has 0 saturated carbocycles. The standard InChI is InChI=1S/C22H25N3O5S/c1-29-20-11-6-17(16-21(20)31(27,28)25-13-4-2-3-5-14-25)22(26)24-18-7-9-19(10-8-18)30-15-12-23/h6-11,16H,2-5,13-15H2,1H3,(H,24,26). The van der Waals surface area contributed by atoms with Crippen molar-refractivity contribution in [3.05, 3.63) is 48.0 Å². The van der Waals surface area contributed by atoms with Gasteiger partial charge in [-0.2, -0.15) is 9.57 Å². The number of methoxy groups -OCH3 is 1. The summed E-state index contributed by atoms with van der Waals surface area (Å²) >= 11 is 0. The largest absolute Gasteiger partial charge is 0.495 e. The number of carbonyl (C=O) groups excluding carboxylic acids is 1. The third-order valence-corrected chi connectivity index (χ3v) is 6.94. The van der Waals surface area contributed by atoms with Crippen LogP contribution >= 0.6 is 0 Å². The van der Waals surface area contributed by atoms with Crippen LogP contribution < -0.4 is 14.8 Å². The molecule has 9 heteroatoms. The van der Waals surface area contributed by atoms with Crippen LogP contribution in [0, 0.1) is 11.3 Å². The van der Waals surface area contributed by atoms with Crippen molar-refractivity contribution in [3.63, 3.8) is 0 Å². The fourth-order valence-electron chi connectivity index (χ4n) is 3.39. The van der Waals surface area contributed by atoms with E-state index >= 15 is 0 Å². The molecular weight excluding hydrogens is 418 g/mol. The summed E-state index contributed by atoms with van der Waals surface area (Å²) in [5, 5.41) is 11.3. The molecule has 3 rings (SSSR count). The molecule has 0 bridgehead atoms. The van der Waals surface area contributed by atoms with Crippen molar-refractivity contribution in [2.75, 3.05) is 32.1 Å². The number of amides is 1. The van der Waals surface area contributed by atoms with Crippen LogP contribution in [0.3, 0.4) is 0 Å². The number of rotatable bonds is 7. The number of hydrogen-bond acceptors (Lipinski definition) is 6. The van der Waals surface area contributed by atoms with E-state index in [0.29, 0.717) is 24.5 Å². The van der Waals surface area contributed by atoms with E-state index in [9.17, 15) is 13.2 Å². The quantitative estimate of drug-likeness (QED) is 0.702. The lowest BCUT2D eigenvalue weighted by Gasteiger charge is -2.21. The van der Waals surface area contributed by atoms with Gasteiger partial charge in [-0.05, 0) is 55.3 Å². The molecule has 1 saturated heterocycles. The number of hydrogen-bond donors (Lipinski definition) is 1. The minimum absolute atomic E-state index is 0.00944. The molecule has 0 aromatic heterocycles. The molecule has 1 amide bonds. The van der Waals surface area contributed by atoms with Gasteiger partial charge in [-0.1, -0.05) is 12.8 Å². The van der Waals surface area contributed by atoms with E-state index in [4.69, 9.17) is 14.7 Å². The van der Waals surface area contributed by atoms with Crippen LogP contribution in [0.1, 0.15) is 36.0 Å². The molecule has 31 heavy (non-hydrogen) atoms. The van der Waals surface area contributed by atoms with Crippen LogP contribution in [0.2, 0.25) is 0 Å². The van der Waals surface area contributed by atoms with Gasteiger partial charge >= 0.3 is 0 Å². The molecule has 1 N–H and O–H groups in total. The van der Waals surface area contributed by atoms with E-state index in [2.05, 4.69) is 5.32 Å². The molecule has 0 spiro atoms. The number of sulfonamides is 1. The second-order valence-corrected chi connectivity index (χ2v) is 9.02. The molecule has 2 aromatic rings. The zero-order valence-corrected chi connectivity index (χ0v) is 18.2. The van der Waals surface area contributed by atoms with Gasteiger partial charge in [0.15, 0.2) is 6.61 Å². The van der Waals surface area contributed by atoms with Gasteiger partial charge < -0.3 is 14.8 Å². The number of benzene rings is 2. The van der Waals surface area contributed by atoms with Crippen molar-refractivity contribution in [1.82, 2.24) is 4.31 Å². The third-order valence-electron chi connectivity index (χ3n) is 5.02. The van der Waals surface area contributed by atoms with Gasteiger partial charge in [-0.15, -0.1) is 0 Å². The maximum absolute atomic E-state index is 13.3. The molecule has 1 fully saturated rings. The fraction of sp³-hybridized carbons (Fsp3) is 0.364. The third kappa shape index (κ3) is 5.54. The van der Waals surface area contributed by atoms with Crippen molar-refractivity contribution in [2.45, 2.75) is 30.6 Å². The minimum Gasteiger partial charge on any atom is -0.495 e. The first kappa shape index (κ1) is 22.6. The molecule has 0 aliphatic carbocycles. The zero-order valence-electron chi connectivity index (χ0n) is 17.3. The molecule has 0 atom stereocenters. The fourth-order valence-corrected chi connectivity index (χ4v) is 5.09. The number of nitrogens with one attached hydrogen (secondary N) is 1. The molecule has 2 aromatic carbocycles. The summed E-state index contributed by atoms with van der Waals surface area (Å²) in [6, 6.07) is 12.8. The van der Waals surface area contributed by atoms with E-state index in [1.807, 2.05) is 6.07 Å². The van der Waals surface area contributed by atoms with E-state index in [0.717, 1.165) is 25.7 Å². The van der Waals surface area contributed by atoms with Crippen LogP contribution in [-0.4, -0.2) is 45.4 Å². The maximum atomic E-state index is 13.3. The highest BCUT2D eigenvalue weighted by Gasteiger charge is 2.29. The maximum Gasteiger partial charge on any atom is 0.255 e. The molecule has 1 heterocycles. The van der Waals surface area contributed by atoms with Gasteiger partial charge in [0, 0.05) is 24.3 Å². The smallest absolute Gasteiger partial charge is 0.255 e. The van der Waals surface area contributed by atoms with Crippen LogP contribution in [0.15, 0.2) is 47.4 Å². The van der Waals surface area contributed by atoms with Crippen molar-refractivity contribution < 1.29 is 22.7 Å². The molecular formula is C22H25N3O5S. The van der Waals surface area contributed by atoms with E-state index in [-0.39, 0.29) is 22.8 Å². The van der Waals surface area contributed by atoms with E-state index in [1.165, 1.54) is 29.6 Å². The number of anilines is 1. The zero-order chi connectivity index (χ0) is 22.3. The average molecular weight is 444 g/mol. The first-order valence-corrected chi connectivity index (χ1v) is 11.5. The van der Waals surface area contributed by atoms with Gasteiger partial charge in [0.25, 0.3) is 5.91 Å². The Hall–Kier alpha value is -3.09. The Labute approximate surface area is 182 Å². The molecule has 0 unspecified atom stereocenters. The van der Waals surface area contributed by atoms with E-state index < -0.39 is 15.9 Å². The second-order valence-electron chi connectivity index (χ2n) is 7.11. The number of carbonyl (C=O) groups is 1. The average Bonchev–Trinajstić information content (AvgIpc) is 3.08. The van der Waals surface area contributed by atoms with Gasteiger partial charge in [0.05, 0.1) is 7.11 Å². The highest BCUT2D eigenvalue weighted by molar-refractivity contribution is 7.89. The SMILES string of the molecule is COc1ccc(C(=O)Nc2ccc(OCC#N)cc2)cc1S(=O)(=O)N1CCCCCC1. The molecule has 1 aliphatic heterocycles. The Morgan fingerprint density at radius 1 is 1.10 bits per heavy atom. The lowest BCUT2D eigenvalue weighted by Crippen LogP contribution is -2.32. The normalized spacial score (nSPS) is 14.8. The summed E-state index contributed by atoms with van der Waals surface area (Å²) in [5.74, 6) is 0.273. The van der Waals surface area contributed by atoms with Crippen LogP contribution in [0.5, 0.6) is 11.5 Å². The summed E-state index contributed by atoms with van der Waals surface area (Å²) in [6.45, 7) is 0.857. The second kappa shape index (κ2) is 10.3. The summed E-state index contributed by atoms with van der Waals surface area (Å²) in [6.07, 6.45) is 3.64. The van der Waals surface area contributed by atoms with Crippen molar-refractivity contribution in [3.8, 4) is 17.6 Å². The van der Waals surface area contributed by atoms with Crippen molar-refractivity contribution in [2.24, 2.45) is 0 Å². The van der Waals surface area contributed by atoms with Gasteiger partial charge in [0.1, 0.15) is 22.5 Å². The Kier molecular flexibility index (Phi) is 7.50. The van der Waals surface area contributed by atoms with Gasteiger partial charge in [-0.3, -0.25) is 4.79 Å². The number of ether oxygens (including phenoxy) is 2. The highest BCUT2D eigenvalue weighted by Crippen LogP contribution is 2.30. The Balaban J connectivity index is 1.82. The lowest BCUT2D eigenvalue weighted by molar-refractivity contribution is 0.102. The van der Waals surface area contributed by atoms with E-state index in [1.54, 1.807) is 24.3 Å². The Morgan fingerprint density at radius 2 is 1.77 bits per heavy atom. The predicted octanol–water partition coefficient (Wildman–Crippen LogP) is 3.41. The summed E-state index contributed by atoms with van der Waals surface area (Å²) in [4.78, 5) is 12.7. The van der Waals surface area contributed by atoms with Crippen LogP contribution in [0.25, 0.3) is 0 Å². The summed E-state index contributed by atoms with van der Waals surface area (Å²) < 4.78 is 38.4. The number of nitrogens with zero attached hydrogens (tertiary/aromatic N) is 2. The highest BCUT2D eigenvalue weighted by atomic mass is 32.2. The lowest BCUT2D eigenvalue weighted by atomic mass is 10.2. The Morgan fingerprint density at radius 3 is 2.39 bits per heavy atom. The monoisotopic (exact) mass is 443 g/mol. The van der Waals surface area contributed by atoms with Crippen LogP contribution in [-0.2, 0) is 10.0 Å². The van der Waals surface area contributed by atoms with Crippen molar-refractivity contribution in [1.29, 1.82) is 5.26 Å². The molecule has 164 valence electrons. The van der Waals surface area contributed by atoms with Crippen LogP contribution in [0.4, 0.5) is 5.69 Å². The van der Waals surface area contributed by atoms with Gasteiger partial charge in [-0.25, -0.2) is 8.42 Å². The first-order chi connectivity index (χ1) is 15.0. The van der Waals surface area contributed by atoms with Crippen molar-refractivity contribution >= 4 is 21.6 Å². The predicted molar refractivity (Wildman–Crippen MR) is 116 cm³/mol. The summed E-state index contributed by atoms with van der Waals surface area (Å²) in [7, 11) is -2.38. The molecule has 1 aliphatic rings. The number of nitriles is 1. The minimum atomic E-state index is -3.79. The Bertz CT molecular complexity index is 1050. The van der Waals surface area contributed by atoms with Gasteiger partial charge in [0.2, 0.25) is 10.0 Å². The first-order valence-electron chi connectivity index (χ1n) is 10.0. The summed E-state index contributed by atoms with van der Waals surface area (Å²) in [5.41, 5.74) is 0.723.